The number of halogens is 1. The van der Waals surface area contributed by atoms with Crippen LogP contribution in [0.25, 0.3) is 11.1 Å². The molecular formula is C23H27BrN2O4Si. The second-order valence-corrected chi connectivity index (χ2v) is 15.7. The van der Waals surface area contributed by atoms with E-state index in [4.69, 9.17) is 9.15 Å². The van der Waals surface area contributed by atoms with Gasteiger partial charge in [0.25, 0.3) is 5.91 Å². The molecule has 0 N–H and O–H groups in total. The first kappa shape index (κ1) is 22.0. The van der Waals surface area contributed by atoms with Crippen molar-refractivity contribution in [3.8, 4) is 0 Å². The van der Waals surface area contributed by atoms with Crippen molar-refractivity contribution in [3.63, 3.8) is 0 Å². The SMILES string of the molecule is CC1c2cccc(Br)c2C(=O)N1Cc1ccc2c(c1)oc(=O)n2COCC[Si](C)(C)C. The standard InChI is InChI=1S/C23H27BrN2O4Si/c1-15-17-6-5-7-18(24)21(17)22(27)25(15)13-16-8-9-19-20(12-16)30-23(28)26(19)14-29-10-11-31(2,3)4/h5-9,12,15H,10-11,13-14H2,1-4H3. The lowest BCUT2D eigenvalue weighted by molar-refractivity contribution is 0.0722. The van der Waals surface area contributed by atoms with E-state index in [1.807, 2.05) is 48.2 Å². The minimum absolute atomic E-state index is 0.00453. The Hall–Kier alpha value is -2.16. The third-order valence-electron chi connectivity index (χ3n) is 5.74. The molecule has 4 rings (SSSR count). The number of ether oxygens (including phenoxy) is 1. The molecule has 1 atom stereocenters. The third-order valence-corrected chi connectivity index (χ3v) is 8.11. The van der Waals surface area contributed by atoms with Crippen LogP contribution in [0.15, 0.2) is 50.1 Å². The molecule has 2 heterocycles. The van der Waals surface area contributed by atoms with Crippen molar-refractivity contribution in [3.05, 3.63) is 68.1 Å². The lowest BCUT2D eigenvalue weighted by atomic mass is 10.1. The number of aromatic nitrogens is 1. The van der Waals surface area contributed by atoms with E-state index in [1.165, 1.54) is 4.57 Å². The molecule has 31 heavy (non-hydrogen) atoms. The predicted octanol–water partition coefficient (Wildman–Crippen LogP) is 5.39. The molecule has 0 aliphatic carbocycles. The van der Waals surface area contributed by atoms with E-state index < -0.39 is 13.8 Å². The lowest BCUT2D eigenvalue weighted by Gasteiger charge is -2.22. The molecule has 164 valence electrons. The molecular weight excluding hydrogens is 476 g/mol. The molecule has 1 amide bonds. The highest BCUT2D eigenvalue weighted by molar-refractivity contribution is 9.10. The Morgan fingerprint density at radius 3 is 2.65 bits per heavy atom. The van der Waals surface area contributed by atoms with Crippen molar-refractivity contribution >= 4 is 41.0 Å². The highest BCUT2D eigenvalue weighted by Gasteiger charge is 2.35. The zero-order chi connectivity index (χ0) is 22.3. The van der Waals surface area contributed by atoms with E-state index in [0.29, 0.717) is 24.3 Å². The van der Waals surface area contributed by atoms with Gasteiger partial charge in [-0.1, -0.05) is 37.8 Å². The van der Waals surface area contributed by atoms with Gasteiger partial charge in [0.1, 0.15) is 6.73 Å². The molecule has 0 fully saturated rings. The molecule has 3 aromatic rings. The molecule has 1 aromatic heterocycles. The van der Waals surface area contributed by atoms with Crippen LogP contribution in [0.1, 0.15) is 34.5 Å². The van der Waals surface area contributed by atoms with Gasteiger partial charge in [0.15, 0.2) is 5.58 Å². The Bertz CT molecular complexity index is 1190. The Morgan fingerprint density at radius 2 is 1.94 bits per heavy atom. The summed E-state index contributed by atoms with van der Waals surface area (Å²) in [5.41, 5.74) is 3.87. The lowest BCUT2D eigenvalue weighted by Crippen LogP contribution is -2.26. The maximum absolute atomic E-state index is 13.0. The summed E-state index contributed by atoms with van der Waals surface area (Å²) in [5, 5.41) is 0. The van der Waals surface area contributed by atoms with E-state index in [9.17, 15) is 9.59 Å². The summed E-state index contributed by atoms with van der Waals surface area (Å²) in [5.74, 6) is -0.424. The Morgan fingerprint density at radius 1 is 1.16 bits per heavy atom. The summed E-state index contributed by atoms with van der Waals surface area (Å²) in [4.78, 5) is 27.1. The molecule has 0 spiro atoms. The van der Waals surface area contributed by atoms with E-state index in [-0.39, 0.29) is 18.7 Å². The fourth-order valence-corrected chi connectivity index (χ4v) is 5.18. The normalized spacial score (nSPS) is 16.4. The van der Waals surface area contributed by atoms with Crippen molar-refractivity contribution in [2.75, 3.05) is 6.61 Å². The zero-order valence-electron chi connectivity index (χ0n) is 18.3. The van der Waals surface area contributed by atoms with Crippen molar-refractivity contribution < 1.29 is 13.9 Å². The number of hydrogen-bond acceptors (Lipinski definition) is 4. The van der Waals surface area contributed by atoms with Gasteiger partial charge in [-0.2, -0.15) is 0 Å². The van der Waals surface area contributed by atoms with Crippen molar-refractivity contribution in [1.82, 2.24) is 9.47 Å². The number of hydrogen-bond donors (Lipinski definition) is 0. The van der Waals surface area contributed by atoms with Crippen LogP contribution in [0.5, 0.6) is 0 Å². The van der Waals surface area contributed by atoms with Gasteiger partial charge >= 0.3 is 5.76 Å². The van der Waals surface area contributed by atoms with Gasteiger partial charge in [0.2, 0.25) is 0 Å². The molecule has 0 radical (unpaired) electrons. The van der Waals surface area contributed by atoms with Gasteiger partial charge in [0, 0.05) is 25.7 Å². The number of rotatable bonds is 7. The summed E-state index contributed by atoms with van der Waals surface area (Å²) >= 11 is 3.50. The fraction of sp³-hybridized carbons (Fsp3) is 0.391. The second-order valence-electron chi connectivity index (χ2n) is 9.26. The summed E-state index contributed by atoms with van der Waals surface area (Å²) in [7, 11) is -1.18. The third kappa shape index (κ3) is 4.42. The van der Waals surface area contributed by atoms with E-state index in [0.717, 1.165) is 27.2 Å². The first-order valence-corrected chi connectivity index (χ1v) is 14.9. The van der Waals surface area contributed by atoms with Crippen molar-refractivity contribution in [1.29, 1.82) is 0 Å². The first-order chi connectivity index (χ1) is 14.7. The number of nitrogens with zero attached hydrogens (tertiary/aromatic N) is 2. The van der Waals surface area contributed by atoms with Gasteiger partial charge in [0.05, 0.1) is 17.1 Å². The topological polar surface area (TPSA) is 64.7 Å². The Kier molecular flexibility index (Phi) is 5.98. The molecule has 8 heteroatoms. The maximum Gasteiger partial charge on any atom is 0.421 e. The molecule has 0 saturated carbocycles. The van der Waals surface area contributed by atoms with Crippen LogP contribution in [-0.2, 0) is 18.0 Å². The molecule has 1 aliphatic heterocycles. The van der Waals surface area contributed by atoms with Crippen LogP contribution in [-0.4, -0.2) is 30.1 Å². The number of benzene rings is 2. The molecule has 1 unspecified atom stereocenters. The van der Waals surface area contributed by atoms with Crippen LogP contribution >= 0.6 is 15.9 Å². The first-order valence-electron chi connectivity index (χ1n) is 10.4. The van der Waals surface area contributed by atoms with Gasteiger partial charge in [-0.3, -0.25) is 4.79 Å². The number of fused-ring (bicyclic) bond motifs is 2. The monoisotopic (exact) mass is 502 g/mol. The summed E-state index contributed by atoms with van der Waals surface area (Å²) in [6.45, 7) is 10.2. The average molecular weight is 503 g/mol. The molecule has 1 aliphatic rings. The van der Waals surface area contributed by atoms with Gasteiger partial charge in [-0.05, 0) is 58.2 Å². The number of carbonyl (C=O) groups is 1. The van der Waals surface area contributed by atoms with Crippen molar-refractivity contribution in [2.24, 2.45) is 0 Å². The van der Waals surface area contributed by atoms with Crippen LogP contribution in [0.3, 0.4) is 0 Å². The highest BCUT2D eigenvalue weighted by Crippen LogP contribution is 2.38. The molecule has 6 nitrogen and oxygen atoms in total. The molecule has 0 bridgehead atoms. The van der Waals surface area contributed by atoms with Gasteiger partial charge < -0.3 is 14.1 Å². The molecule has 2 aromatic carbocycles. The average Bonchev–Trinajstić information content (AvgIpc) is 3.13. The van der Waals surface area contributed by atoms with Crippen LogP contribution in [0, 0.1) is 0 Å². The largest absolute Gasteiger partial charge is 0.421 e. The maximum atomic E-state index is 13.0. The quantitative estimate of drug-likeness (QED) is 0.321. The number of carbonyl (C=O) groups excluding carboxylic acids is 1. The highest BCUT2D eigenvalue weighted by atomic mass is 79.9. The molecule has 0 saturated heterocycles. The fourth-order valence-electron chi connectivity index (χ4n) is 3.87. The van der Waals surface area contributed by atoms with Crippen LogP contribution in [0.4, 0.5) is 0 Å². The summed E-state index contributed by atoms with van der Waals surface area (Å²) < 4.78 is 13.5. The zero-order valence-corrected chi connectivity index (χ0v) is 20.9. The van der Waals surface area contributed by atoms with Crippen LogP contribution < -0.4 is 5.76 Å². The number of oxazole rings is 1. The van der Waals surface area contributed by atoms with E-state index >= 15 is 0 Å². The van der Waals surface area contributed by atoms with Gasteiger partial charge in [-0.25, -0.2) is 9.36 Å². The van der Waals surface area contributed by atoms with Crippen molar-refractivity contribution in [2.45, 2.75) is 51.9 Å². The summed E-state index contributed by atoms with van der Waals surface area (Å²) in [6, 6.07) is 12.5. The number of amides is 1. The Balaban J connectivity index is 1.51. The smallest absolute Gasteiger partial charge is 0.408 e. The van der Waals surface area contributed by atoms with Gasteiger partial charge in [-0.15, -0.1) is 0 Å². The second kappa shape index (κ2) is 8.41. The minimum atomic E-state index is -1.18. The van der Waals surface area contributed by atoms with E-state index in [1.54, 1.807) is 0 Å². The van der Waals surface area contributed by atoms with E-state index in [2.05, 4.69) is 35.6 Å². The summed E-state index contributed by atoms with van der Waals surface area (Å²) in [6.07, 6.45) is 0. The Labute approximate surface area is 190 Å². The predicted molar refractivity (Wildman–Crippen MR) is 127 cm³/mol. The van der Waals surface area contributed by atoms with Crippen LogP contribution in [0.2, 0.25) is 25.7 Å². The minimum Gasteiger partial charge on any atom is -0.408 e.